The Morgan fingerprint density at radius 2 is 2.20 bits per heavy atom. The van der Waals surface area contributed by atoms with Crippen molar-refractivity contribution in [1.29, 1.82) is 0 Å². The maximum Gasteiger partial charge on any atom is 0.305 e. The van der Waals surface area contributed by atoms with Gasteiger partial charge in [-0.1, -0.05) is 18.2 Å². The number of hydrogen-bond donors (Lipinski definition) is 2. The Kier molecular flexibility index (Phi) is 4.87. The minimum atomic E-state index is -0.859. The number of carboxylic acid groups (broad SMARTS) is 1. The lowest BCUT2D eigenvalue weighted by Gasteiger charge is -2.21. The molecule has 3 nitrogen and oxygen atoms in total. The molecule has 2 N–H and O–H groups in total. The molecule has 0 aliphatic rings. The summed E-state index contributed by atoms with van der Waals surface area (Å²) < 4.78 is 13.2. The first kappa shape index (κ1) is 14.7. The van der Waals surface area contributed by atoms with Gasteiger partial charge in [0.2, 0.25) is 0 Å². The van der Waals surface area contributed by atoms with Crippen molar-refractivity contribution in [2.75, 3.05) is 0 Å². The molecule has 1 aromatic carbocycles. The largest absolute Gasteiger partial charge is 0.481 e. The lowest BCUT2D eigenvalue weighted by atomic mass is 10.1. The minimum Gasteiger partial charge on any atom is -0.481 e. The van der Waals surface area contributed by atoms with E-state index in [2.05, 4.69) is 5.32 Å². The van der Waals surface area contributed by atoms with Gasteiger partial charge in [0, 0.05) is 10.9 Å². The van der Waals surface area contributed by atoms with Gasteiger partial charge in [0.05, 0.1) is 12.5 Å². The molecule has 0 fully saturated rings. The van der Waals surface area contributed by atoms with Crippen LogP contribution in [0.3, 0.4) is 0 Å². The van der Waals surface area contributed by atoms with Crippen LogP contribution in [-0.2, 0) is 4.79 Å². The van der Waals surface area contributed by atoms with Gasteiger partial charge >= 0.3 is 5.97 Å². The van der Waals surface area contributed by atoms with Gasteiger partial charge in [0.1, 0.15) is 5.82 Å². The summed E-state index contributed by atoms with van der Waals surface area (Å²) in [5, 5.41) is 14.2. The minimum absolute atomic E-state index is 0.000168. The molecule has 0 aliphatic heterocycles. The number of carbonyl (C=O) groups is 1. The average molecular weight is 293 g/mol. The maximum absolute atomic E-state index is 13.2. The monoisotopic (exact) mass is 293 g/mol. The summed E-state index contributed by atoms with van der Waals surface area (Å²) in [6, 6.07) is 9.73. The fourth-order valence-electron chi connectivity index (χ4n) is 2.08. The Morgan fingerprint density at radius 1 is 1.40 bits per heavy atom. The number of thiophene rings is 1. The van der Waals surface area contributed by atoms with Crippen LogP contribution in [0, 0.1) is 5.82 Å². The van der Waals surface area contributed by atoms with Crippen LogP contribution in [0.2, 0.25) is 0 Å². The summed E-state index contributed by atoms with van der Waals surface area (Å²) in [5.74, 6) is -1.15. The molecule has 2 atom stereocenters. The Balaban J connectivity index is 2.13. The number of hydrogen-bond acceptors (Lipinski definition) is 3. The summed E-state index contributed by atoms with van der Waals surface area (Å²) in [4.78, 5) is 11.9. The van der Waals surface area contributed by atoms with E-state index in [9.17, 15) is 9.18 Å². The number of nitrogens with one attached hydrogen (secondary N) is 1. The van der Waals surface area contributed by atoms with Gasteiger partial charge < -0.3 is 10.4 Å². The van der Waals surface area contributed by atoms with E-state index in [0.29, 0.717) is 0 Å². The smallest absolute Gasteiger partial charge is 0.305 e. The van der Waals surface area contributed by atoms with Crippen molar-refractivity contribution in [3.8, 4) is 0 Å². The van der Waals surface area contributed by atoms with Gasteiger partial charge in [-0.25, -0.2) is 4.39 Å². The summed E-state index contributed by atoms with van der Waals surface area (Å²) in [6.45, 7) is 1.90. The fourth-order valence-corrected chi connectivity index (χ4v) is 2.87. The van der Waals surface area contributed by atoms with E-state index < -0.39 is 5.97 Å². The SMILES string of the molecule is CC(NC(CC(=O)O)c1cccs1)c1cccc(F)c1. The van der Waals surface area contributed by atoms with Crippen LogP contribution in [0.4, 0.5) is 4.39 Å². The van der Waals surface area contributed by atoms with Crippen molar-refractivity contribution in [1.82, 2.24) is 5.32 Å². The molecule has 20 heavy (non-hydrogen) atoms. The molecule has 0 spiro atoms. The zero-order valence-corrected chi connectivity index (χ0v) is 11.9. The zero-order valence-electron chi connectivity index (χ0n) is 11.0. The molecule has 1 aromatic heterocycles. The predicted octanol–water partition coefficient (Wildman–Crippen LogP) is 3.75. The second-order valence-corrected chi connectivity index (χ2v) is 5.59. The second-order valence-electron chi connectivity index (χ2n) is 4.61. The van der Waals surface area contributed by atoms with Crippen LogP contribution in [0.15, 0.2) is 41.8 Å². The van der Waals surface area contributed by atoms with Gasteiger partial charge in [-0.05, 0) is 36.1 Å². The highest BCUT2D eigenvalue weighted by atomic mass is 32.1. The highest BCUT2D eigenvalue weighted by molar-refractivity contribution is 7.10. The topological polar surface area (TPSA) is 49.3 Å². The molecule has 0 radical (unpaired) electrons. The van der Waals surface area contributed by atoms with E-state index in [1.807, 2.05) is 30.5 Å². The molecular weight excluding hydrogens is 277 g/mol. The predicted molar refractivity (Wildman–Crippen MR) is 77.3 cm³/mol. The van der Waals surface area contributed by atoms with Crippen LogP contribution < -0.4 is 5.32 Å². The van der Waals surface area contributed by atoms with Crippen LogP contribution in [0.1, 0.15) is 35.9 Å². The summed E-state index contributed by atoms with van der Waals surface area (Å²) in [6.07, 6.45) is 0.000168. The third-order valence-electron chi connectivity index (χ3n) is 3.07. The molecule has 0 amide bonds. The van der Waals surface area contributed by atoms with Crippen LogP contribution in [-0.4, -0.2) is 11.1 Å². The van der Waals surface area contributed by atoms with E-state index in [1.54, 1.807) is 6.07 Å². The van der Waals surface area contributed by atoms with E-state index in [1.165, 1.54) is 23.5 Å². The van der Waals surface area contributed by atoms with E-state index in [-0.39, 0.29) is 24.3 Å². The van der Waals surface area contributed by atoms with Crippen LogP contribution in [0.5, 0.6) is 0 Å². The van der Waals surface area contributed by atoms with E-state index >= 15 is 0 Å². The van der Waals surface area contributed by atoms with Crippen molar-refractivity contribution in [3.05, 3.63) is 58.0 Å². The fraction of sp³-hybridized carbons (Fsp3) is 0.267. The molecule has 0 saturated carbocycles. The van der Waals surface area contributed by atoms with Gasteiger partial charge in [0.25, 0.3) is 0 Å². The highest BCUT2D eigenvalue weighted by Gasteiger charge is 2.19. The van der Waals surface area contributed by atoms with Crippen LogP contribution >= 0.6 is 11.3 Å². The average Bonchev–Trinajstić information content (AvgIpc) is 2.91. The molecule has 2 unspecified atom stereocenters. The van der Waals surface area contributed by atoms with E-state index in [4.69, 9.17) is 5.11 Å². The normalized spacial score (nSPS) is 13.9. The molecular formula is C15H16FNO2S. The lowest BCUT2D eigenvalue weighted by Crippen LogP contribution is -2.26. The second kappa shape index (κ2) is 6.63. The standard InChI is InChI=1S/C15H16FNO2S/c1-10(11-4-2-5-12(16)8-11)17-13(9-15(18)19)14-6-3-7-20-14/h2-8,10,13,17H,9H2,1H3,(H,18,19). The van der Waals surface area contributed by atoms with Gasteiger partial charge in [-0.2, -0.15) is 0 Å². The number of benzene rings is 1. The summed E-state index contributed by atoms with van der Waals surface area (Å²) in [7, 11) is 0. The molecule has 0 bridgehead atoms. The lowest BCUT2D eigenvalue weighted by molar-refractivity contribution is -0.137. The van der Waals surface area contributed by atoms with Crippen molar-refractivity contribution in [3.63, 3.8) is 0 Å². The van der Waals surface area contributed by atoms with Gasteiger partial charge in [0.15, 0.2) is 0 Å². The maximum atomic E-state index is 13.2. The van der Waals surface area contributed by atoms with Crippen molar-refractivity contribution in [2.24, 2.45) is 0 Å². The molecule has 2 aromatic rings. The van der Waals surface area contributed by atoms with Gasteiger partial charge in [-0.3, -0.25) is 4.79 Å². The molecule has 2 rings (SSSR count). The third kappa shape index (κ3) is 3.88. The van der Waals surface area contributed by atoms with Crippen molar-refractivity contribution in [2.45, 2.75) is 25.4 Å². The first-order valence-corrected chi connectivity index (χ1v) is 7.21. The first-order valence-electron chi connectivity index (χ1n) is 6.33. The first-order chi connectivity index (χ1) is 9.56. The quantitative estimate of drug-likeness (QED) is 0.852. The molecule has 106 valence electrons. The number of aliphatic carboxylic acids is 1. The molecule has 1 heterocycles. The van der Waals surface area contributed by atoms with E-state index in [0.717, 1.165) is 10.4 Å². The summed E-state index contributed by atoms with van der Waals surface area (Å²) >= 11 is 1.51. The van der Waals surface area contributed by atoms with Crippen molar-refractivity contribution < 1.29 is 14.3 Å². The van der Waals surface area contributed by atoms with Crippen molar-refractivity contribution >= 4 is 17.3 Å². The summed E-state index contributed by atoms with van der Waals surface area (Å²) in [5.41, 5.74) is 0.803. The number of rotatable bonds is 6. The Labute approximate surface area is 121 Å². The zero-order chi connectivity index (χ0) is 14.5. The molecule has 0 saturated heterocycles. The molecule has 5 heteroatoms. The van der Waals surface area contributed by atoms with Gasteiger partial charge in [-0.15, -0.1) is 11.3 Å². The Morgan fingerprint density at radius 3 is 2.80 bits per heavy atom. The Hall–Kier alpha value is -1.72. The molecule has 0 aliphatic carbocycles. The number of halogens is 1. The number of carboxylic acids is 1. The highest BCUT2D eigenvalue weighted by Crippen LogP contribution is 2.26. The van der Waals surface area contributed by atoms with Crippen LogP contribution in [0.25, 0.3) is 0 Å². The Bertz CT molecular complexity index is 571. The third-order valence-corrected chi connectivity index (χ3v) is 4.05.